The molecule has 0 bridgehead atoms. The summed E-state index contributed by atoms with van der Waals surface area (Å²) in [5, 5.41) is 9.02. The van der Waals surface area contributed by atoms with Gasteiger partial charge < -0.3 is 10.8 Å². The summed E-state index contributed by atoms with van der Waals surface area (Å²) in [6.45, 7) is 4.90. The number of hydrogen-bond donors (Lipinski definition) is 2. The third-order valence-electron chi connectivity index (χ3n) is 2.44. The molecule has 1 atom stereocenters. The predicted molar refractivity (Wildman–Crippen MR) is 55.1 cm³/mol. The van der Waals surface area contributed by atoms with Gasteiger partial charge in [0.15, 0.2) is 0 Å². The minimum absolute atomic E-state index is 0.551. The molecule has 1 aromatic heterocycles. The molecule has 0 radical (unpaired) electrons. The van der Waals surface area contributed by atoms with Gasteiger partial charge >= 0.3 is 5.97 Å². The van der Waals surface area contributed by atoms with Crippen molar-refractivity contribution in [1.82, 2.24) is 9.97 Å². The first-order valence-electron chi connectivity index (χ1n) is 4.64. The van der Waals surface area contributed by atoms with Gasteiger partial charge in [0, 0.05) is 6.20 Å². The molecule has 0 aromatic carbocycles. The van der Waals surface area contributed by atoms with E-state index in [4.69, 9.17) is 10.8 Å². The molecule has 0 aliphatic heterocycles. The number of aryl methyl sites for hydroxylation is 1. The molecule has 82 valence electrons. The van der Waals surface area contributed by atoms with Crippen LogP contribution in [0, 0.1) is 12.3 Å². The molecule has 0 saturated heterocycles. The Morgan fingerprint density at radius 3 is 2.67 bits per heavy atom. The lowest BCUT2D eigenvalue weighted by Crippen LogP contribution is -2.37. The molecule has 3 N–H and O–H groups in total. The number of carbonyl (C=O) groups is 1. The minimum Gasteiger partial charge on any atom is -0.481 e. The van der Waals surface area contributed by atoms with Gasteiger partial charge in [-0.05, 0) is 26.8 Å². The van der Waals surface area contributed by atoms with Crippen LogP contribution in [0.2, 0.25) is 0 Å². The second-order valence-corrected chi connectivity index (χ2v) is 4.03. The van der Waals surface area contributed by atoms with E-state index in [0.717, 1.165) is 0 Å². The second kappa shape index (κ2) is 3.94. The molecular formula is C10H15N3O2. The van der Waals surface area contributed by atoms with Crippen molar-refractivity contribution < 1.29 is 9.90 Å². The Bertz CT molecular complexity index is 377. The van der Waals surface area contributed by atoms with Gasteiger partial charge in [-0.2, -0.15) is 0 Å². The topological polar surface area (TPSA) is 89.1 Å². The minimum atomic E-state index is -1.04. The zero-order valence-electron chi connectivity index (χ0n) is 9.06. The van der Waals surface area contributed by atoms with Crippen molar-refractivity contribution in [1.29, 1.82) is 0 Å². The average Bonchev–Trinajstić information content (AvgIpc) is 2.16. The number of nitrogens with two attached hydrogens (primary N) is 1. The highest BCUT2D eigenvalue weighted by molar-refractivity contribution is 5.74. The van der Waals surface area contributed by atoms with Crippen LogP contribution in [0.15, 0.2) is 12.3 Å². The summed E-state index contributed by atoms with van der Waals surface area (Å²) in [4.78, 5) is 19.1. The number of rotatable bonds is 3. The lowest BCUT2D eigenvalue weighted by molar-refractivity contribution is -0.148. The van der Waals surface area contributed by atoms with Crippen LogP contribution in [0.4, 0.5) is 0 Å². The van der Waals surface area contributed by atoms with Crippen molar-refractivity contribution in [2.24, 2.45) is 11.1 Å². The summed E-state index contributed by atoms with van der Waals surface area (Å²) < 4.78 is 0. The maximum absolute atomic E-state index is 11.0. The van der Waals surface area contributed by atoms with Crippen molar-refractivity contribution >= 4 is 5.97 Å². The largest absolute Gasteiger partial charge is 0.481 e. The Kier molecular flexibility index (Phi) is 3.04. The normalized spacial score (nSPS) is 13.6. The summed E-state index contributed by atoms with van der Waals surface area (Å²) in [7, 11) is 0. The Labute approximate surface area is 88.4 Å². The quantitative estimate of drug-likeness (QED) is 0.771. The van der Waals surface area contributed by atoms with Crippen LogP contribution >= 0.6 is 0 Å². The van der Waals surface area contributed by atoms with E-state index in [1.165, 1.54) is 0 Å². The van der Waals surface area contributed by atoms with E-state index in [9.17, 15) is 4.79 Å². The van der Waals surface area contributed by atoms with Crippen LogP contribution in [0.3, 0.4) is 0 Å². The third kappa shape index (κ3) is 2.30. The fraction of sp³-hybridized carbons (Fsp3) is 0.500. The van der Waals surface area contributed by atoms with Gasteiger partial charge in [-0.3, -0.25) is 4.79 Å². The molecule has 0 aliphatic rings. The molecule has 15 heavy (non-hydrogen) atoms. The molecule has 1 unspecified atom stereocenters. The molecular weight excluding hydrogens is 194 g/mol. The number of aromatic nitrogens is 2. The van der Waals surface area contributed by atoms with Gasteiger partial charge in [-0.1, -0.05) is 0 Å². The van der Waals surface area contributed by atoms with Gasteiger partial charge in [-0.25, -0.2) is 9.97 Å². The van der Waals surface area contributed by atoms with Crippen LogP contribution in [0.1, 0.15) is 31.4 Å². The molecule has 0 fully saturated rings. The Balaban J connectivity index is 3.04. The van der Waals surface area contributed by atoms with E-state index in [1.807, 2.05) is 0 Å². The van der Waals surface area contributed by atoms with Crippen molar-refractivity contribution in [3.05, 3.63) is 23.8 Å². The fourth-order valence-corrected chi connectivity index (χ4v) is 1.15. The van der Waals surface area contributed by atoms with Crippen LogP contribution in [0.25, 0.3) is 0 Å². The van der Waals surface area contributed by atoms with E-state index < -0.39 is 17.4 Å². The van der Waals surface area contributed by atoms with Gasteiger partial charge in [-0.15, -0.1) is 0 Å². The van der Waals surface area contributed by atoms with Crippen LogP contribution in [0.5, 0.6) is 0 Å². The van der Waals surface area contributed by atoms with E-state index in [2.05, 4.69) is 9.97 Å². The van der Waals surface area contributed by atoms with Crippen molar-refractivity contribution in [3.63, 3.8) is 0 Å². The Morgan fingerprint density at radius 2 is 2.20 bits per heavy atom. The smallest absolute Gasteiger partial charge is 0.311 e. The molecule has 0 spiro atoms. The van der Waals surface area contributed by atoms with Gasteiger partial charge in [0.1, 0.15) is 5.82 Å². The average molecular weight is 209 g/mol. The first-order valence-corrected chi connectivity index (χ1v) is 4.64. The molecule has 5 heteroatoms. The van der Waals surface area contributed by atoms with Crippen LogP contribution in [-0.2, 0) is 4.79 Å². The first kappa shape index (κ1) is 11.6. The molecule has 5 nitrogen and oxygen atoms in total. The molecule has 0 amide bonds. The number of carboxylic acid groups (broad SMARTS) is 1. The van der Waals surface area contributed by atoms with E-state index in [1.54, 1.807) is 33.0 Å². The van der Waals surface area contributed by atoms with E-state index in [-0.39, 0.29) is 0 Å². The SMILES string of the molecule is Cc1nccc(C(N)C(C)(C)C(=O)O)n1. The Morgan fingerprint density at radius 1 is 1.60 bits per heavy atom. The molecule has 0 aliphatic carbocycles. The molecule has 1 aromatic rings. The van der Waals surface area contributed by atoms with Crippen LogP contribution < -0.4 is 5.73 Å². The van der Waals surface area contributed by atoms with Crippen molar-refractivity contribution in [2.45, 2.75) is 26.8 Å². The van der Waals surface area contributed by atoms with Crippen molar-refractivity contribution in [3.8, 4) is 0 Å². The lowest BCUT2D eigenvalue weighted by atomic mass is 9.83. The third-order valence-corrected chi connectivity index (χ3v) is 2.44. The summed E-state index contributed by atoms with van der Waals surface area (Å²) in [5.41, 5.74) is 5.38. The molecule has 1 heterocycles. The maximum atomic E-state index is 11.0. The highest BCUT2D eigenvalue weighted by Crippen LogP contribution is 2.30. The summed E-state index contributed by atoms with van der Waals surface area (Å²) in [5.74, 6) is -0.351. The summed E-state index contributed by atoms with van der Waals surface area (Å²) in [6.07, 6.45) is 1.58. The highest BCUT2D eigenvalue weighted by Gasteiger charge is 2.36. The Hall–Kier alpha value is -1.49. The monoisotopic (exact) mass is 209 g/mol. The summed E-state index contributed by atoms with van der Waals surface area (Å²) in [6, 6.07) is 0.999. The van der Waals surface area contributed by atoms with Gasteiger partial charge in [0.05, 0.1) is 17.2 Å². The molecule has 0 saturated carbocycles. The van der Waals surface area contributed by atoms with E-state index in [0.29, 0.717) is 11.5 Å². The zero-order valence-corrected chi connectivity index (χ0v) is 9.06. The standard InChI is InChI=1S/C10H15N3O2/c1-6-12-5-4-7(13-6)8(11)10(2,3)9(14)15/h4-5,8H,11H2,1-3H3,(H,14,15). The lowest BCUT2D eigenvalue weighted by Gasteiger charge is -2.26. The predicted octanol–water partition coefficient (Wildman–Crippen LogP) is 0.896. The van der Waals surface area contributed by atoms with Gasteiger partial charge in [0.2, 0.25) is 0 Å². The number of carboxylic acids is 1. The second-order valence-electron chi connectivity index (χ2n) is 4.03. The number of aliphatic carboxylic acids is 1. The number of nitrogens with zero attached hydrogens (tertiary/aromatic N) is 2. The van der Waals surface area contributed by atoms with Crippen molar-refractivity contribution in [2.75, 3.05) is 0 Å². The maximum Gasteiger partial charge on any atom is 0.311 e. The summed E-state index contributed by atoms with van der Waals surface area (Å²) >= 11 is 0. The molecule has 1 rings (SSSR count). The zero-order chi connectivity index (χ0) is 11.6. The van der Waals surface area contributed by atoms with Gasteiger partial charge in [0.25, 0.3) is 0 Å². The number of hydrogen-bond acceptors (Lipinski definition) is 4. The highest BCUT2D eigenvalue weighted by atomic mass is 16.4. The fourth-order valence-electron chi connectivity index (χ4n) is 1.15. The van der Waals surface area contributed by atoms with Crippen LogP contribution in [-0.4, -0.2) is 21.0 Å². The van der Waals surface area contributed by atoms with E-state index >= 15 is 0 Å². The first-order chi connectivity index (χ1) is 6.85.